The first-order chi connectivity index (χ1) is 13.0. The highest BCUT2D eigenvalue weighted by Gasteiger charge is 2.43. The number of H-pyrrole nitrogens is 1. The Bertz CT molecular complexity index is 1080. The molecule has 7 heteroatoms. The number of aliphatic hydroxyl groups is 1. The van der Waals surface area contributed by atoms with E-state index >= 15 is 0 Å². The summed E-state index contributed by atoms with van der Waals surface area (Å²) < 4.78 is 7.16. The van der Waals surface area contributed by atoms with Crippen LogP contribution in [0.25, 0.3) is 10.8 Å². The van der Waals surface area contributed by atoms with Crippen LogP contribution in [0.5, 0.6) is 0 Å². The molecule has 0 saturated carbocycles. The van der Waals surface area contributed by atoms with Gasteiger partial charge < -0.3 is 9.84 Å². The molecule has 2 heterocycles. The van der Waals surface area contributed by atoms with Gasteiger partial charge >= 0.3 is 5.69 Å². The van der Waals surface area contributed by atoms with Crippen molar-refractivity contribution < 1.29 is 9.84 Å². The fraction of sp³-hybridized carbons (Fsp3) is 0.300. The average Bonchev–Trinajstić information content (AvgIpc) is 2.94. The zero-order valence-corrected chi connectivity index (χ0v) is 15.6. The van der Waals surface area contributed by atoms with Crippen molar-refractivity contribution >= 4 is 22.5 Å². The molecule has 0 aliphatic carbocycles. The lowest BCUT2D eigenvalue weighted by molar-refractivity contribution is -0.00969. The van der Waals surface area contributed by atoms with E-state index in [4.69, 9.17) is 4.74 Å². The van der Waals surface area contributed by atoms with E-state index in [9.17, 15) is 14.7 Å². The summed E-state index contributed by atoms with van der Waals surface area (Å²) in [6.07, 6.45) is -0.327. The number of nitrogens with one attached hydrogen (secondary N) is 1. The van der Waals surface area contributed by atoms with E-state index in [1.165, 1.54) is 27.6 Å². The second-order valence-electron chi connectivity index (χ2n) is 6.70. The maximum Gasteiger partial charge on any atom is 0.330 e. The van der Waals surface area contributed by atoms with Gasteiger partial charge in [-0.1, -0.05) is 42.5 Å². The van der Waals surface area contributed by atoms with Gasteiger partial charge in [0.05, 0.1) is 17.5 Å². The summed E-state index contributed by atoms with van der Waals surface area (Å²) in [6, 6.07) is 15.7. The van der Waals surface area contributed by atoms with Gasteiger partial charge in [-0.2, -0.15) is 0 Å². The van der Waals surface area contributed by atoms with Gasteiger partial charge in [0.25, 0.3) is 5.56 Å². The zero-order chi connectivity index (χ0) is 19.0. The SMILES string of the molecule is CC1OC(n2ccc(=O)[nH]c2=O)C(SCc2ccc3ccccc3c2)C1O. The predicted molar refractivity (Wildman–Crippen MR) is 106 cm³/mol. The lowest BCUT2D eigenvalue weighted by atomic mass is 10.1. The number of nitrogens with zero attached hydrogens (tertiary/aromatic N) is 1. The van der Waals surface area contributed by atoms with Crippen molar-refractivity contribution in [3.63, 3.8) is 0 Å². The van der Waals surface area contributed by atoms with Crippen molar-refractivity contribution in [3.8, 4) is 0 Å². The summed E-state index contributed by atoms with van der Waals surface area (Å²) in [5.41, 5.74) is 0.145. The van der Waals surface area contributed by atoms with Crippen LogP contribution in [-0.4, -0.2) is 32.1 Å². The summed E-state index contributed by atoms with van der Waals surface area (Å²) >= 11 is 1.55. The van der Waals surface area contributed by atoms with Crippen molar-refractivity contribution in [3.05, 3.63) is 81.1 Å². The van der Waals surface area contributed by atoms with Crippen LogP contribution in [0.3, 0.4) is 0 Å². The van der Waals surface area contributed by atoms with Crippen molar-refractivity contribution in [1.82, 2.24) is 9.55 Å². The maximum atomic E-state index is 12.1. The number of benzene rings is 2. The number of thioether (sulfide) groups is 1. The van der Waals surface area contributed by atoms with Gasteiger partial charge in [-0.15, -0.1) is 11.8 Å². The number of fused-ring (bicyclic) bond motifs is 1. The van der Waals surface area contributed by atoms with E-state index in [2.05, 4.69) is 35.3 Å². The molecule has 1 aromatic heterocycles. The molecule has 2 aromatic carbocycles. The lowest BCUT2D eigenvalue weighted by Crippen LogP contribution is -2.36. The fourth-order valence-corrected chi connectivity index (χ4v) is 4.71. The Kier molecular flexibility index (Phi) is 4.90. The fourth-order valence-electron chi connectivity index (χ4n) is 3.37. The first kappa shape index (κ1) is 18.0. The van der Waals surface area contributed by atoms with Crippen LogP contribution in [0.4, 0.5) is 0 Å². The molecule has 0 bridgehead atoms. The number of aromatic nitrogens is 2. The monoisotopic (exact) mass is 384 g/mol. The topological polar surface area (TPSA) is 84.3 Å². The predicted octanol–water partition coefficient (Wildman–Crippen LogP) is 2.27. The Labute approximate surface area is 159 Å². The van der Waals surface area contributed by atoms with Crippen LogP contribution < -0.4 is 11.2 Å². The van der Waals surface area contributed by atoms with Crippen LogP contribution in [0, 0.1) is 0 Å². The first-order valence-electron chi connectivity index (χ1n) is 8.77. The van der Waals surface area contributed by atoms with Gasteiger partial charge in [0.15, 0.2) is 6.23 Å². The number of hydrogen-bond donors (Lipinski definition) is 2. The molecule has 1 fully saturated rings. The number of rotatable bonds is 4. The van der Waals surface area contributed by atoms with Gasteiger partial charge in [0.2, 0.25) is 0 Å². The van der Waals surface area contributed by atoms with E-state index in [1.54, 1.807) is 18.7 Å². The number of ether oxygens (including phenoxy) is 1. The summed E-state index contributed by atoms with van der Waals surface area (Å²) in [5, 5.41) is 12.6. The Morgan fingerprint density at radius 3 is 2.70 bits per heavy atom. The van der Waals surface area contributed by atoms with Crippen LogP contribution >= 0.6 is 11.8 Å². The second-order valence-corrected chi connectivity index (χ2v) is 7.86. The molecular weight excluding hydrogens is 364 g/mol. The first-order valence-corrected chi connectivity index (χ1v) is 9.82. The highest BCUT2D eigenvalue weighted by atomic mass is 32.2. The molecular formula is C20H20N2O4S. The minimum Gasteiger partial charge on any atom is -0.389 e. The summed E-state index contributed by atoms with van der Waals surface area (Å²) in [5.74, 6) is 0.678. The van der Waals surface area contributed by atoms with Crippen LogP contribution in [-0.2, 0) is 10.5 Å². The van der Waals surface area contributed by atoms with Gasteiger partial charge in [-0.25, -0.2) is 4.79 Å². The van der Waals surface area contributed by atoms with Crippen molar-refractivity contribution in [2.24, 2.45) is 0 Å². The number of hydrogen-bond acceptors (Lipinski definition) is 5. The van der Waals surface area contributed by atoms with Gasteiger partial charge in [-0.3, -0.25) is 14.3 Å². The Hall–Kier alpha value is -2.35. The normalized spacial score (nSPS) is 25.1. The molecule has 4 rings (SSSR count). The molecule has 27 heavy (non-hydrogen) atoms. The van der Waals surface area contributed by atoms with E-state index in [-0.39, 0.29) is 5.25 Å². The highest BCUT2D eigenvalue weighted by Crippen LogP contribution is 2.38. The third-order valence-corrected chi connectivity index (χ3v) is 6.23. The van der Waals surface area contributed by atoms with Crippen LogP contribution in [0.1, 0.15) is 18.7 Å². The third kappa shape index (κ3) is 3.58. The summed E-state index contributed by atoms with van der Waals surface area (Å²) in [6.45, 7) is 1.78. The summed E-state index contributed by atoms with van der Waals surface area (Å²) in [4.78, 5) is 25.7. The van der Waals surface area contributed by atoms with Gasteiger partial charge in [0, 0.05) is 18.0 Å². The molecule has 3 aromatic rings. The van der Waals surface area contributed by atoms with Crippen LogP contribution in [0.2, 0.25) is 0 Å². The largest absolute Gasteiger partial charge is 0.389 e. The van der Waals surface area contributed by atoms with Crippen LogP contribution in [0.15, 0.2) is 64.3 Å². The number of aromatic amines is 1. The zero-order valence-electron chi connectivity index (χ0n) is 14.7. The lowest BCUT2D eigenvalue weighted by Gasteiger charge is -2.21. The van der Waals surface area contributed by atoms with Crippen molar-refractivity contribution in [2.45, 2.75) is 36.4 Å². The van der Waals surface area contributed by atoms with E-state index in [0.717, 1.165) is 5.56 Å². The molecule has 0 radical (unpaired) electrons. The molecule has 1 aliphatic rings. The molecule has 1 aliphatic heterocycles. The molecule has 0 spiro atoms. The highest BCUT2D eigenvalue weighted by molar-refractivity contribution is 7.99. The molecule has 4 unspecified atom stereocenters. The third-order valence-electron chi connectivity index (χ3n) is 4.83. The van der Waals surface area contributed by atoms with E-state index < -0.39 is 29.7 Å². The van der Waals surface area contributed by atoms with E-state index in [0.29, 0.717) is 5.75 Å². The molecule has 0 amide bonds. The number of aliphatic hydroxyl groups excluding tert-OH is 1. The van der Waals surface area contributed by atoms with Crippen molar-refractivity contribution in [1.29, 1.82) is 0 Å². The van der Waals surface area contributed by atoms with Crippen molar-refractivity contribution in [2.75, 3.05) is 0 Å². The standard InChI is InChI=1S/C20H20N2O4S/c1-12-17(24)18(19(26-12)22-9-8-16(23)21-20(22)25)27-11-13-6-7-14-4-2-3-5-15(14)10-13/h2-10,12,17-19,24H,11H2,1H3,(H,21,23,25). The molecule has 2 N–H and O–H groups in total. The maximum absolute atomic E-state index is 12.1. The molecule has 1 saturated heterocycles. The average molecular weight is 384 g/mol. The Morgan fingerprint density at radius 2 is 1.93 bits per heavy atom. The second kappa shape index (κ2) is 7.34. The minimum atomic E-state index is -0.709. The Morgan fingerprint density at radius 1 is 1.15 bits per heavy atom. The minimum absolute atomic E-state index is 0.324. The quantitative estimate of drug-likeness (QED) is 0.721. The molecule has 4 atom stereocenters. The summed E-state index contributed by atoms with van der Waals surface area (Å²) in [7, 11) is 0. The molecule has 6 nitrogen and oxygen atoms in total. The molecule has 140 valence electrons. The van der Waals surface area contributed by atoms with Gasteiger partial charge in [-0.05, 0) is 23.3 Å². The smallest absolute Gasteiger partial charge is 0.330 e. The van der Waals surface area contributed by atoms with Gasteiger partial charge in [0.1, 0.15) is 0 Å². The van der Waals surface area contributed by atoms with E-state index in [1.807, 2.05) is 12.1 Å². The Balaban J connectivity index is 1.57.